The molecule has 18 heavy (non-hydrogen) atoms. The van der Waals surface area contributed by atoms with Gasteiger partial charge in [-0.25, -0.2) is 0 Å². The van der Waals surface area contributed by atoms with E-state index >= 15 is 0 Å². The normalized spacial score (nSPS) is 17.1. The van der Waals surface area contributed by atoms with E-state index in [1.54, 1.807) is 0 Å². The van der Waals surface area contributed by atoms with Crippen molar-refractivity contribution in [3.8, 4) is 0 Å². The number of anilines is 1. The second-order valence-electron chi connectivity index (χ2n) is 5.71. The van der Waals surface area contributed by atoms with Gasteiger partial charge in [-0.15, -0.1) is 6.58 Å². The van der Waals surface area contributed by atoms with Crippen LogP contribution in [0.5, 0.6) is 0 Å². The van der Waals surface area contributed by atoms with Gasteiger partial charge < -0.3 is 5.73 Å². The van der Waals surface area contributed by atoms with Crippen LogP contribution in [0.2, 0.25) is 0 Å². The van der Waals surface area contributed by atoms with Crippen molar-refractivity contribution in [3.63, 3.8) is 0 Å². The molecule has 0 saturated heterocycles. The third kappa shape index (κ3) is 2.75. The number of nitrogens with zero attached hydrogens (tertiary/aromatic N) is 1. The average molecular weight is 244 g/mol. The average Bonchev–Trinajstić information content (AvgIpc) is 3.10. The van der Waals surface area contributed by atoms with Gasteiger partial charge in [0.25, 0.3) is 0 Å². The predicted octanol–water partition coefficient (Wildman–Crippen LogP) is 3.20. The van der Waals surface area contributed by atoms with E-state index in [-0.39, 0.29) is 0 Å². The summed E-state index contributed by atoms with van der Waals surface area (Å²) < 4.78 is 0. The summed E-state index contributed by atoms with van der Waals surface area (Å²) in [5.74, 6) is 0. The van der Waals surface area contributed by atoms with Crippen molar-refractivity contribution in [2.24, 2.45) is 0 Å². The lowest BCUT2D eigenvalue weighted by atomic mass is 9.94. The van der Waals surface area contributed by atoms with E-state index < -0.39 is 0 Å². The molecule has 2 N–H and O–H groups in total. The second kappa shape index (κ2) is 5.15. The summed E-state index contributed by atoms with van der Waals surface area (Å²) in [6.45, 7) is 10.5. The Bertz CT molecular complexity index is 402. The number of benzene rings is 1. The van der Waals surface area contributed by atoms with Gasteiger partial charge >= 0.3 is 0 Å². The fraction of sp³-hybridized carbons (Fsp3) is 0.500. The highest BCUT2D eigenvalue weighted by Gasteiger charge is 2.45. The van der Waals surface area contributed by atoms with Crippen LogP contribution in [0.25, 0.3) is 0 Å². The van der Waals surface area contributed by atoms with Crippen LogP contribution in [-0.4, -0.2) is 24.0 Å². The summed E-state index contributed by atoms with van der Waals surface area (Å²) in [4.78, 5) is 2.50. The Morgan fingerprint density at radius 3 is 2.39 bits per heavy atom. The minimum Gasteiger partial charge on any atom is -0.399 e. The number of nitrogens with two attached hydrogens (primary N) is 1. The Labute approximate surface area is 110 Å². The second-order valence-corrected chi connectivity index (χ2v) is 5.71. The van der Waals surface area contributed by atoms with E-state index in [4.69, 9.17) is 5.73 Å². The van der Waals surface area contributed by atoms with E-state index in [9.17, 15) is 0 Å². The molecule has 1 aromatic carbocycles. The summed E-state index contributed by atoms with van der Waals surface area (Å²) >= 11 is 0. The van der Waals surface area contributed by atoms with E-state index in [2.05, 4.69) is 37.5 Å². The van der Waals surface area contributed by atoms with E-state index in [1.807, 2.05) is 18.2 Å². The third-order valence-electron chi connectivity index (χ3n) is 3.98. The van der Waals surface area contributed by atoms with Crippen molar-refractivity contribution in [1.29, 1.82) is 0 Å². The van der Waals surface area contributed by atoms with Crippen LogP contribution in [0.3, 0.4) is 0 Å². The fourth-order valence-corrected chi connectivity index (χ4v) is 2.54. The summed E-state index contributed by atoms with van der Waals surface area (Å²) in [7, 11) is 0. The molecule has 2 heteroatoms. The number of hydrogen-bond acceptors (Lipinski definition) is 2. The van der Waals surface area contributed by atoms with Crippen LogP contribution in [0.15, 0.2) is 36.9 Å². The van der Waals surface area contributed by atoms with Crippen LogP contribution in [0.1, 0.15) is 32.3 Å². The van der Waals surface area contributed by atoms with E-state index in [0.717, 1.165) is 18.8 Å². The van der Waals surface area contributed by atoms with Crippen molar-refractivity contribution in [2.75, 3.05) is 18.8 Å². The summed E-state index contributed by atoms with van der Waals surface area (Å²) in [5.41, 5.74) is 8.41. The molecule has 0 spiro atoms. The van der Waals surface area contributed by atoms with Crippen molar-refractivity contribution in [3.05, 3.63) is 42.5 Å². The first-order valence-electron chi connectivity index (χ1n) is 6.78. The Morgan fingerprint density at radius 2 is 1.94 bits per heavy atom. The van der Waals surface area contributed by atoms with Gasteiger partial charge in [-0.2, -0.15) is 0 Å². The zero-order chi connectivity index (χ0) is 13.2. The SMILES string of the molecule is C=CCN(CC1(c2ccc(N)cc2)CC1)C(C)C. The first-order valence-corrected chi connectivity index (χ1v) is 6.78. The largest absolute Gasteiger partial charge is 0.399 e. The van der Waals surface area contributed by atoms with Crippen LogP contribution in [0.4, 0.5) is 5.69 Å². The quantitative estimate of drug-likeness (QED) is 0.615. The molecule has 1 fully saturated rings. The first kappa shape index (κ1) is 13.2. The summed E-state index contributed by atoms with van der Waals surface area (Å²) in [6, 6.07) is 8.98. The van der Waals surface area contributed by atoms with Crippen LogP contribution >= 0.6 is 0 Å². The van der Waals surface area contributed by atoms with Gasteiger partial charge in [0.1, 0.15) is 0 Å². The lowest BCUT2D eigenvalue weighted by molar-refractivity contribution is 0.223. The predicted molar refractivity (Wildman–Crippen MR) is 78.7 cm³/mol. The maximum Gasteiger partial charge on any atom is 0.0314 e. The zero-order valence-electron chi connectivity index (χ0n) is 11.5. The monoisotopic (exact) mass is 244 g/mol. The maximum atomic E-state index is 5.76. The molecule has 0 bridgehead atoms. The number of nitrogen functional groups attached to an aromatic ring is 1. The molecule has 0 aromatic heterocycles. The Balaban J connectivity index is 2.11. The Morgan fingerprint density at radius 1 is 1.33 bits per heavy atom. The highest BCUT2D eigenvalue weighted by atomic mass is 15.2. The molecule has 0 atom stereocenters. The molecule has 1 aliphatic carbocycles. The molecule has 0 heterocycles. The van der Waals surface area contributed by atoms with Gasteiger partial charge in [-0.1, -0.05) is 18.2 Å². The molecule has 2 nitrogen and oxygen atoms in total. The van der Waals surface area contributed by atoms with Crippen LogP contribution in [-0.2, 0) is 5.41 Å². The molecular formula is C16H24N2. The molecule has 0 amide bonds. The third-order valence-corrected chi connectivity index (χ3v) is 3.98. The van der Waals surface area contributed by atoms with E-state index in [0.29, 0.717) is 11.5 Å². The van der Waals surface area contributed by atoms with E-state index in [1.165, 1.54) is 18.4 Å². The fourth-order valence-electron chi connectivity index (χ4n) is 2.54. The zero-order valence-corrected chi connectivity index (χ0v) is 11.5. The van der Waals surface area contributed by atoms with Crippen molar-refractivity contribution >= 4 is 5.69 Å². The molecule has 1 aromatic rings. The molecule has 2 rings (SSSR count). The number of hydrogen-bond donors (Lipinski definition) is 1. The van der Waals surface area contributed by atoms with Gasteiger partial charge in [0.05, 0.1) is 0 Å². The molecule has 98 valence electrons. The van der Waals surface area contributed by atoms with Gasteiger partial charge in [-0.3, -0.25) is 4.90 Å². The lowest BCUT2D eigenvalue weighted by Crippen LogP contribution is -2.37. The van der Waals surface area contributed by atoms with Crippen LogP contribution in [0, 0.1) is 0 Å². The minimum absolute atomic E-state index is 0.362. The lowest BCUT2D eigenvalue weighted by Gasteiger charge is -2.30. The van der Waals surface area contributed by atoms with Crippen molar-refractivity contribution < 1.29 is 0 Å². The minimum atomic E-state index is 0.362. The van der Waals surface area contributed by atoms with Gasteiger partial charge in [-0.05, 0) is 44.4 Å². The van der Waals surface area contributed by atoms with Gasteiger partial charge in [0, 0.05) is 30.2 Å². The molecule has 0 unspecified atom stereocenters. The molecule has 0 radical (unpaired) electrons. The topological polar surface area (TPSA) is 29.3 Å². The maximum absolute atomic E-state index is 5.76. The van der Waals surface area contributed by atoms with Crippen molar-refractivity contribution in [2.45, 2.75) is 38.1 Å². The smallest absolute Gasteiger partial charge is 0.0314 e. The first-order chi connectivity index (χ1) is 8.57. The Kier molecular flexibility index (Phi) is 3.76. The number of rotatable bonds is 6. The highest BCUT2D eigenvalue weighted by molar-refractivity contribution is 5.43. The Hall–Kier alpha value is -1.28. The van der Waals surface area contributed by atoms with Gasteiger partial charge in [0.15, 0.2) is 0 Å². The van der Waals surface area contributed by atoms with Gasteiger partial charge in [0.2, 0.25) is 0 Å². The molecule has 1 saturated carbocycles. The standard InChI is InChI=1S/C16H24N2/c1-4-11-18(13(2)3)12-16(9-10-16)14-5-7-15(17)8-6-14/h4-8,13H,1,9-12,17H2,2-3H3. The summed E-state index contributed by atoms with van der Waals surface area (Å²) in [6.07, 6.45) is 4.58. The van der Waals surface area contributed by atoms with Crippen molar-refractivity contribution in [1.82, 2.24) is 4.90 Å². The van der Waals surface area contributed by atoms with Crippen LogP contribution < -0.4 is 5.73 Å². The highest BCUT2D eigenvalue weighted by Crippen LogP contribution is 2.49. The molecule has 1 aliphatic rings. The molecular weight excluding hydrogens is 220 g/mol. The molecule has 0 aliphatic heterocycles. The summed E-state index contributed by atoms with van der Waals surface area (Å²) in [5, 5.41) is 0.